The normalized spacial score (nSPS) is 34.4. The third kappa shape index (κ3) is 6.36. The lowest BCUT2D eigenvalue weighted by Crippen LogP contribution is -2.33. The molecule has 0 bridgehead atoms. The van der Waals surface area contributed by atoms with Crippen LogP contribution in [0.5, 0.6) is 0 Å². The van der Waals surface area contributed by atoms with Gasteiger partial charge < -0.3 is 10.5 Å². The Morgan fingerprint density at radius 2 is 1.45 bits per heavy atom. The van der Waals surface area contributed by atoms with Crippen LogP contribution in [0.2, 0.25) is 0 Å². The molecular formula is C17H33NOS. The molecule has 2 aliphatic rings. The van der Waals surface area contributed by atoms with Gasteiger partial charge in [0.25, 0.3) is 0 Å². The van der Waals surface area contributed by atoms with Gasteiger partial charge in [0.15, 0.2) is 0 Å². The predicted octanol–water partition coefficient (Wildman–Crippen LogP) is 4.51. The van der Waals surface area contributed by atoms with Crippen molar-refractivity contribution < 1.29 is 4.74 Å². The zero-order valence-corrected chi connectivity index (χ0v) is 13.8. The molecule has 0 aromatic rings. The van der Waals surface area contributed by atoms with Crippen molar-refractivity contribution in [3.63, 3.8) is 0 Å². The van der Waals surface area contributed by atoms with Gasteiger partial charge in [-0.2, -0.15) is 11.8 Å². The van der Waals surface area contributed by atoms with E-state index in [1.807, 2.05) is 0 Å². The zero-order valence-electron chi connectivity index (χ0n) is 13.0. The van der Waals surface area contributed by atoms with Gasteiger partial charge in [-0.25, -0.2) is 0 Å². The summed E-state index contributed by atoms with van der Waals surface area (Å²) in [6.45, 7) is 0.974. The second-order valence-corrected chi connectivity index (χ2v) is 7.85. The number of nitrogens with two attached hydrogens (primary N) is 1. The van der Waals surface area contributed by atoms with Gasteiger partial charge in [0, 0.05) is 23.7 Å². The number of ether oxygens (including phenoxy) is 1. The van der Waals surface area contributed by atoms with Crippen LogP contribution >= 0.6 is 11.8 Å². The summed E-state index contributed by atoms with van der Waals surface area (Å²) in [7, 11) is 0. The fraction of sp³-hybridized carbons (Fsp3) is 1.00. The molecule has 0 amide bonds. The number of hydrogen-bond acceptors (Lipinski definition) is 3. The number of hydrogen-bond donors (Lipinski definition) is 1. The monoisotopic (exact) mass is 299 g/mol. The van der Waals surface area contributed by atoms with Crippen LogP contribution in [0.25, 0.3) is 0 Å². The summed E-state index contributed by atoms with van der Waals surface area (Å²) in [6, 6.07) is 0.404. The molecule has 3 atom stereocenters. The van der Waals surface area contributed by atoms with Crippen LogP contribution < -0.4 is 5.73 Å². The molecular weight excluding hydrogens is 266 g/mol. The van der Waals surface area contributed by atoms with Crippen molar-refractivity contribution in [1.82, 2.24) is 0 Å². The maximum Gasteiger partial charge on any atom is 0.0666 e. The second kappa shape index (κ2) is 10.1. The molecule has 2 rings (SSSR count). The van der Waals surface area contributed by atoms with E-state index in [1.165, 1.54) is 82.8 Å². The summed E-state index contributed by atoms with van der Waals surface area (Å²) in [6.07, 6.45) is 16.8. The maximum absolute atomic E-state index is 6.48. The molecule has 0 spiro atoms. The van der Waals surface area contributed by atoms with E-state index in [2.05, 4.69) is 11.8 Å². The highest BCUT2D eigenvalue weighted by Crippen LogP contribution is 2.27. The van der Waals surface area contributed by atoms with Gasteiger partial charge in [0.2, 0.25) is 0 Å². The van der Waals surface area contributed by atoms with Crippen LogP contribution in [-0.4, -0.2) is 29.8 Å². The average Bonchev–Trinajstić information content (AvgIpc) is 2.95. The minimum atomic E-state index is 0.404. The lowest BCUT2D eigenvalue weighted by molar-refractivity contribution is 0.128. The molecule has 0 aromatic carbocycles. The molecule has 2 N–H and O–H groups in total. The molecule has 3 heteroatoms. The Hall–Kier alpha value is 0.270. The molecule has 1 aliphatic carbocycles. The van der Waals surface area contributed by atoms with Gasteiger partial charge in [0.1, 0.15) is 0 Å². The fourth-order valence-electron chi connectivity index (χ4n) is 3.40. The van der Waals surface area contributed by atoms with Gasteiger partial charge in [-0.3, -0.25) is 0 Å². The van der Waals surface area contributed by atoms with Crippen LogP contribution in [0.4, 0.5) is 0 Å². The van der Waals surface area contributed by atoms with E-state index in [9.17, 15) is 0 Å². The van der Waals surface area contributed by atoms with E-state index in [-0.39, 0.29) is 0 Å². The standard InChI is InChI=1S/C17H33NOS/c18-16-11-7-5-3-1-2-4-6-8-12-17(16)20-14-15-10-9-13-19-15/h15-17H,1-14,18H2. The maximum atomic E-state index is 6.48. The molecule has 1 saturated heterocycles. The Labute approximate surface area is 129 Å². The summed E-state index contributed by atoms with van der Waals surface area (Å²) >= 11 is 2.10. The third-order valence-electron chi connectivity index (χ3n) is 4.77. The Kier molecular flexibility index (Phi) is 8.38. The fourth-order valence-corrected chi connectivity index (χ4v) is 4.84. The van der Waals surface area contributed by atoms with E-state index in [0.717, 1.165) is 6.61 Å². The van der Waals surface area contributed by atoms with Gasteiger partial charge in [-0.05, 0) is 25.7 Å². The predicted molar refractivity (Wildman–Crippen MR) is 89.4 cm³/mol. The smallest absolute Gasteiger partial charge is 0.0666 e. The zero-order chi connectivity index (χ0) is 14.0. The Balaban J connectivity index is 1.74. The van der Waals surface area contributed by atoms with Crippen molar-refractivity contribution in [1.29, 1.82) is 0 Å². The Bertz CT molecular complexity index is 243. The first-order valence-electron chi connectivity index (χ1n) is 8.85. The van der Waals surface area contributed by atoms with Crippen molar-refractivity contribution in [2.24, 2.45) is 5.73 Å². The van der Waals surface area contributed by atoms with Crippen molar-refractivity contribution >= 4 is 11.8 Å². The van der Waals surface area contributed by atoms with E-state index >= 15 is 0 Å². The molecule has 2 fully saturated rings. The van der Waals surface area contributed by atoms with E-state index in [4.69, 9.17) is 10.5 Å². The molecule has 2 nitrogen and oxygen atoms in total. The molecule has 0 radical (unpaired) electrons. The van der Waals surface area contributed by atoms with Gasteiger partial charge in [-0.15, -0.1) is 0 Å². The number of thioether (sulfide) groups is 1. The van der Waals surface area contributed by atoms with Gasteiger partial charge in [0.05, 0.1) is 6.10 Å². The molecule has 1 heterocycles. The second-order valence-electron chi connectivity index (χ2n) is 6.58. The van der Waals surface area contributed by atoms with Crippen LogP contribution in [0, 0.1) is 0 Å². The number of rotatable bonds is 3. The highest BCUT2D eigenvalue weighted by Gasteiger charge is 2.22. The average molecular weight is 300 g/mol. The first-order chi connectivity index (χ1) is 9.86. The molecule has 118 valence electrons. The van der Waals surface area contributed by atoms with Gasteiger partial charge in [-0.1, -0.05) is 51.4 Å². The van der Waals surface area contributed by atoms with Crippen molar-refractivity contribution in [2.45, 2.75) is 94.4 Å². The van der Waals surface area contributed by atoms with E-state index in [1.54, 1.807) is 0 Å². The summed E-state index contributed by atoms with van der Waals surface area (Å²) < 4.78 is 5.75. The first kappa shape index (κ1) is 16.6. The first-order valence-corrected chi connectivity index (χ1v) is 9.90. The third-order valence-corrected chi connectivity index (χ3v) is 6.35. The quantitative estimate of drug-likeness (QED) is 0.833. The SMILES string of the molecule is NC1CCCCCCCCCCC1SCC1CCCO1. The Morgan fingerprint density at radius 1 is 0.800 bits per heavy atom. The van der Waals surface area contributed by atoms with Crippen molar-refractivity contribution in [3.8, 4) is 0 Å². The highest BCUT2D eigenvalue weighted by molar-refractivity contribution is 8.00. The van der Waals surface area contributed by atoms with E-state index in [0.29, 0.717) is 17.4 Å². The minimum Gasteiger partial charge on any atom is -0.377 e. The van der Waals surface area contributed by atoms with Crippen LogP contribution in [0.3, 0.4) is 0 Å². The Morgan fingerprint density at radius 3 is 2.10 bits per heavy atom. The summed E-state index contributed by atoms with van der Waals surface area (Å²) in [4.78, 5) is 0. The summed E-state index contributed by atoms with van der Waals surface area (Å²) in [5.74, 6) is 1.17. The molecule has 1 saturated carbocycles. The lowest BCUT2D eigenvalue weighted by Gasteiger charge is -2.25. The molecule has 0 aromatic heterocycles. The van der Waals surface area contributed by atoms with Crippen LogP contribution in [-0.2, 0) is 4.74 Å². The lowest BCUT2D eigenvalue weighted by atomic mass is 9.98. The molecule has 1 aliphatic heterocycles. The topological polar surface area (TPSA) is 35.2 Å². The molecule has 20 heavy (non-hydrogen) atoms. The largest absolute Gasteiger partial charge is 0.377 e. The van der Waals surface area contributed by atoms with E-state index < -0.39 is 0 Å². The highest BCUT2D eigenvalue weighted by atomic mass is 32.2. The van der Waals surface area contributed by atoms with Crippen molar-refractivity contribution in [2.75, 3.05) is 12.4 Å². The van der Waals surface area contributed by atoms with Crippen LogP contribution in [0.1, 0.15) is 77.0 Å². The van der Waals surface area contributed by atoms with Crippen molar-refractivity contribution in [3.05, 3.63) is 0 Å². The minimum absolute atomic E-state index is 0.404. The molecule has 3 unspecified atom stereocenters. The van der Waals surface area contributed by atoms with Gasteiger partial charge >= 0.3 is 0 Å². The van der Waals surface area contributed by atoms with Crippen LogP contribution in [0.15, 0.2) is 0 Å². The summed E-state index contributed by atoms with van der Waals surface area (Å²) in [5, 5.41) is 0.665. The summed E-state index contributed by atoms with van der Waals surface area (Å²) in [5.41, 5.74) is 6.48.